The van der Waals surface area contributed by atoms with Gasteiger partial charge in [-0.15, -0.1) is 0 Å². The first kappa shape index (κ1) is 23.3. The van der Waals surface area contributed by atoms with Crippen molar-refractivity contribution in [3.05, 3.63) is 53.6 Å². The van der Waals surface area contributed by atoms with Gasteiger partial charge in [0.15, 0.2) is 0 Å². The monoisotopic (exact) mass is 464 g/mol. The van der Waals surface area contributed by atoms with Crippen molar-refractivity contribution in [3.8, 4) is 16.9 Å². The van der Waals surface area contributed by atoms with Crippen LogP contribution in [0.4, 0.5) is 0 Å². The Balaban J connectivity index is 1.23. The summed E-state index contributed by atoms with van der Waals surface area (Å²) in [5.74, 6) is 0.360. The van der Waals surface area contributed by atoms with Gasteiger partial charge in [0.05, 0.1) is 18.8 Å². The minimum Gasteiger partial charge on any atom is -0.462 e. The quantitative estimate of drug-likeness (QED) is 0.668. The SMILES string of the molecule is COCC(C)(C)NC(=O)c1ccc(-c2ccc3c(c2)COC2(CCN(C4CCC4)CC2)O3)cc1. The minimum atomic E-state index is -0.472. The Kier molecular flexibility index (Phi) is 6.40. The normalized spacial score (nSPS) is 20.3. The first-order valence-corrected chi connectivity index (χ1v) is 12.5. The van der Waals surface area contributed by atoms with E-state index in [0.717, 1.165) is 54.4 Å². The van der Waals surface area contributed by atoms with Crippen LogP contribution in [0.25, 0.3) is 11.1 Å². The highest BCUT2D eigenvalue weighted by atomic mass is 16.7. The number of amides is 1. The molecular weight excluding hydrogens is 428 g/mol. The van der Waals surface area contributed by atoms with Crippen LogP contribution in [-0.2, 0) is 16.1 Å². The van der Waals surface area contributed by atoms with E-state index in [0.29, 0.717) is 18.8 Å². The number of rotatable bonds is 6. The standard InChI is InChI=1S/C28H36N2O4/c1-27(2,19-32-3)29-26(31)21-9-7-20(8-10-21)22-11-12-25-23(17-22)18-33-28(34-25)13-15-30(16-14-28)24-5-4-6-24/h7-12,17,24H,4-6,13-16,18-19H2,1-3H3,(H,29,31). The number of hydrogen-bond acceptors (Lipinski definition) is 5. The van der Waals surface area contributed by atoms with Crippen LogP contribution in [0.1, 0.15) is 61.9 Å². The number of benzene rings is 2. The van der Waals surface area contributed by atoms with Crippen molar-refractivity contribution in [2.45, 2.75) is 69.9 Å². The number of fused-ring (bicyclic) bond motifs is 1. The van der Waals surface area contributed by atoms with Gasteiger partial charge in [-0.3, -0.25) is 9.69 Å². The molecule has 2 fully saturated rings. The molecule has 6 nitrogen and oxygen atoms in total. The van der Waals surface area contributed by atoms with Gasteiger partial charge in [-0.2, -0.15) is 0 Å². The van der Waals surface area contributed by atoms with E-state index in [1.54, 1.807) is 7.11 Å². The zero-order valence-electron chi connectivity index (χ0n) is 20.6. The lowest BCUT2D eigenvalue weighted by molar-refractivity contribution is -0.231. The van der Waals surface area contributed by atoms with E-state index in [-0.39, 0.29) is 5.91 Å². The van der Waals surface area contributed by atoms with Gasteiger partial charge in [0, 0.05) is 50.2 Å². The van der Waals surface area contributed by atoms with Crippen molar-refractivity contribution in [2.75, 3.05) is 26.8 Å². The molecule has 1 saturated carbocycles. The molecule has 6 heteroatoms. The zero-order valence-corrected chi connectivity index (χ0v) is 20.6. The van der Waals surface area contributed by atoms with E-state index in [4.69, 9.17) is 14.2 Å². The molecule has 1 aliphatic carbocycles. The Morgan fingerprint density at radius 1 is 1.12 bits per heavy atom. The second kappa shape index (κ2) is 9.33. The molecule has 2 aliphatic heterocycles. The van der Waals surface area contributed by atoms with Gasteiger partial charge in [-0.1, -0.05) is 24.6 Å². The molecule has 0 aromatic heterocycles. The topological polar surface area (TPSA) is 60.0 Å². The molecule has 2 heterocycles. The molecule has 182 valence electrons. The molecule has 2 aromatic rings. The van der Waals surface area contributed by atoms with E-state index in [1.807, 2.05) is 38.1 Å². The van der Waals surface area contributed by atoms with Crippen LogP contribution >= 0.6 is 0 Å². The number of likely N-dealkylation sites (tertiary alicyclic amines) is 1. The van der Waals surface area contributed by atoms with Gasteiger partial charge in [0.2, 0.25) is 5.79 Å². The minimum absolute atomic E-state index is 0.102. The van der Waals surface area contributed by atoms with E-state index in [2.05, 4.69) is 28.4 Å². The molecule has 2 aromatic carbocycles. The fraction of sp³-hybridized carbons (Fsp3) is 0.536. The number of piperidine rings is 1. The Morgan fingerprint density at radius 2 is 1.82 bits per heavy atom. The third kappa shape index (κ3) is 4.85. The second-order valence-electron chi connectivity index (χ2n) is 10.6. The molecule has 0 radical (unpaired) electrons. The largest absolute Gasteiger partial charge is 0.462 e. The van der Waals surface area contributed by atoms with Gasteiger partial charge in [0.25, 0.3) is 5.91 Å². The van der Waals surface area contributed by atoms with E-state index in [9.17, 15) is 4.79 Å². The molecule has 0 atom stereocenters. The first-order valence-electron chi connectivity index (χ1n) is 12.5. The highest BCUT2D eigenvalue weighted by molar-refractivity contribution is 5.95. The first-order chi connectivity index (χ1) is 16.4. The summed E-state index contributed by atoms with van der Waals surface area (Å²) >= 11 is 0. The second-order valence-corrected chi connectivity index (χ2v) is 10.6. The highest BCUT2D eigenvalue weighted by Gasteiger charge is 2.42. The van der Waals surface area contributed by atoms with E-state index < -0.39 is 11.3 Å². The van der Waals surface area contributed by atoms with E-state index in [1.165, 1.54) is 19.3 Å². The van der Waals surface area contributed by atoms with Crippen molar-refractivity contribution >= 4 is 5.91 Å². The predicted octanol–water partition coefficient (Wildman–Crippen LogP) is 4.76. The Labute approximate surface area is 202 Å². The average Bonchev–Trinajstić information content (AvgIpc) is 2.79. The molecule has 3 aliphatic rings. The van der Waals surface area contributed by atoms with Crippen LogP contribution in [0.3, 0.4) is 0 Å². The molecule has 34 heavy (non-hydrogen) atoms. The molecule has 1 saturated heterocycles. The maximum Gasteiger partial charge on any atom is 0.251 e. The summed E-state index contributed by atoms with van der Waals surface area (Å²) in [6.07, 6.45) is 5.91. The third-order valence-corrected chi connectivity index (χ3v) is 7.44. The van der Waals surface area contributed by atoms with Crippen LogP contribution in [-0.4, -0.2) is 55.0 Å². The highest BCUT2D eigenvalue weighted by Crippen LogP contribution is 2.40. The van der Waals surface area contributed by atoms with Crippen molar-refractivity contribution in [2.24, 2.45) is 0 Å². The third-order valence-electron chi connectivity index (χ3n) is 7.44. The number of nitrogens with zero attached hydrogens (tertiary/aromatic N) is 1. The van der Waals surface area contributed by atoms with Crippen LogP contribution in [0.2, 0.25) is 0 Å². The van der Waals surface area contributed by atoms with Crippen molar-refractivity contribution in [3.63, 3.8) is 0 Å². The number of nitrogens with one attached hydrogen (secondary N) is 1. The summed E-state index contributed by atoms with van der Waals surface area (Å²) in [6.45, 7) is 7.03. The molecule has 0 unspecified atom stereocenters. The number of hydrogen-bond donors (Lipinski definition) is 1. The Morgan fingerprint density at radius 3 is 2.47 bits per heavy atom. The molecule has 1 amide bonds. The fourth-order valence-electron chi connectivity index (χ4n) is 5.23. The maximum atomic E-state index is 12.6. The Bertz CT molecular complexity index is 1020. The molecule has 1 spiro atoms. The number of ether oxygens (including phenoxy) is 3. The van der Waals surface area contributed by atoms with Gasteiger partial charge in [0.1, 0.15) is 5.75 Å². The summed E-state index contributed by atoms with van der Waals surface area (Å²) in [6, 6.07) is 14.8. The fourth-order valence-corrected chi connectivity index (χ4v) is 5.23. The number of carbonyl (C=O) groups excluding carboxylic acids is 1. The van der Waals surface area contributed by atoms with Crippen molar-refractivity contribution < 1.29 is 19.0 Å². The van der Waals surface area contributed by atoms with Gasteiger partial charge < -0.3 is 19.5 Å². The number of carbonyl (C=O) groups is 1. The molecule has 0 bridgehead atoms. The lowest BCUT2D eigenvalue weighted by atomic mass is 9.89. The smallest absolute Gasteiger partial charge is 0.251 e. The summed E-state index contributed by atoms with van der Waals surface area (Å²) in [4.78, 5) is 15.2. The lowest BCUT2D eigenvalue weighted by Crippen LogP contribution is -2.54. The summed E-state index contributed by atoms with van der Waals surface area (Å²) in [5.41, 5.74) is 3.44. The summed E-state index contributed by atoms with van der Waals surface area (Å²) < 4.78 is 17.9. The van der Waals surface area contributed by atoms with Crippen molar-refractivity contribution in [1.29, 1.82) is 0 Å². The summed E-state index contributed by atoms with van der Waals surface area (Å²) in [7, 11) is 1.63. The molecule has 5 rings (SSSR count). The van der Waals surface area contributed by atoms with Crippen LogP contribution in [0.15, 0.2) is 42.5 Å². The van der Waals surface area contributed by atoms with Crippen LogP contribution < -0.4 is 10.1 Å². The lowest BCUT2D eigenvalue weighted by Gasteiger charge is -2.47. The van der Waals surface area contributed by atoms with Crippen molar-refractivity contribution in [1.82, 2.24) is 10.2 Å². The molecular formula is C28H36N2O4. The van der Waals surface area contributed by atoms with E-state index >= 15 is 0 Å². The molecule has 1 N–H and O–H groups in total. The van der Waals surface area contributed by atoms with Gasteiger partial charge in [-0.05, 0) is 62.1 Å². The average molecular weight is 465 g/mol. The van der Waals surface area contributed by atoms with Gasteiger partial charge >= 0.3 is 0 Å². The number of methoxy groups -OCH3 is 1. The Hall–Kier alpha value is -2.41. The summed E-state index contributed by atoms with van der Waals surface area (Å²) in [5, 5.41) is 3.02. The van der Waals surface area contributed by atoms with Crippen LogP contribution in [0.5, 0.6) is 5.75 Å². The maximum absolute atomic E-state index is 12.6. The van der Waals surface area contributed by atoms with Gasteiger partial charge in [-0.25, -0.2) is 0 Å². The predicted molar refractivity (Wildman–Crippen MR) is 132 cm³/mol. The van der Waals surface area contributed by atoms with Crippen LogP contribution in [0, 0.1) is 0 Å². The zero-order chi connectivity index (χ0) is 23.8.